The smallest absolute Gasteiger partial charge is 0.344 e. The Balaban J connectivity index is 1.54. The van der Waals surface area contributed by atoms with Crippen LogP contribution in [-0.2, 0) is 20.7 Å². The lowest BCUT2D eigenvalue weighted by Gasteiger charge is -2.08. The zero-order chi connectivity index (χ0) is 18.8. The zero-order valence-electron chi connectivity index (χ0n) is 14.7. The maximum absolute atomic E-state index is 11.8. The van der Waals surface area contributed by atoms with E-state index in [-0.39, 0.29) is 25.7 Å². The number of nitrogens with one attached hydrogen (secondary N) is 1. The quantitative estimate of drug-likeness (QED) is 0.539. The molecule has 0 aliphatic carbocycles. The van der Waals surface area contributed by atoms with Crippen molar-refractivity contribution in [2.45, 2.75) is 19.8 Å². The van der Waals surface area contributed by atoms with Crippen LogP contribution in [0.3, 0.4) is 0 Å². The predicted octanol–water partition coefficient (Wildman–Crippen LogP) is 3.32. The highest BCUT2D eigenvalue weighted by atomic mass is 35.5. The van der Waals surface area contributed by atoms with Gasteiger partial charge in [0.2, 0.25) is 5.91 Å². The third kappa shape index (κ3) is 7.57. The number of esters is 1. The molecule has 0 aliphatic heterocycles. The lowest BCUT2D eigenvalue weighted by Crippen LogP contribution is -2.29. The average Bonchev–Trinajstić information content (AvgIpc) is 2.64. The summed E-state index contributed by atoms with van der Waals surface area (Å²) in [6.45, 7) is 2.22. The Hall–Kier alpha value is -2.53. The Morgan fingerprint density at radius 3 is 2.42 bits per heavy atom. The van der Waals surface area contributed by atoms with Crippen molar-refractivity contribution in [3.8, 4) is 5.75 Å². The van der Waals surface area contributed by atoms with Gasteiger partial charge in [-0.3, -0.25) is 4.79 Å². The number of aryl methyl sites for hydroxylation is 2. The maximum Gasteiger partial charge on any atom is 0.344 e. The lowest BCUT2D eigenvalue weighted by molar-refractivity contribution is -0.146. The highest BCUT2D eigenvalue weighted by Gasteiger charge is 2.06. The summed E-state index contributed by atoms with van der Waals surface area (Å²) in [7, 11) is 0. The molecule has 138 valence electrons. The maximum atomic E-state index is 11.8. The number of amides is 1. The summed E-state index contributed by atoms with van der Waals surface area (Å²) >= 11 is 5.77. The van der Waals surface area contributed by atoms with Crippen molar-refractivity contribution in [2.75, 3.05) is 19.8 Å². The first-order valence-corrected chi connectivity index (χ1v) is 8.77. The van der Waals surface area contributed by atoms with Crippen LogP contribution in [-0.4, -0.2) is 31.6 Å². The van der Waals surface area contributed by atoms with Crippen LogP contribution < -0.4 is 10.1 Å². The van der Waals surface area contributed by atoms with E-state index in [2.05, 4.69) is 5.32 Å². The molecule has 0 heterocycles. The van der Waals surface area contributed by atoms with Gasteiger partial charge in [-0.05, 0) is 43.2 Å². The molecule has 6 heteroatoms. The van der Waals surface area contributed by atoms with E-state index >= 15 is 0 Å². The van der Waals surface area contributed by atoms with Gasteiger partial charge >= 0.3 is 5.97 Å². The van der Waals surface area contributed by atoms with Crippen LogP contribution in [0.25, 0.3) is 0 Å². The van der Waals surface area contributed by atoms with Gasteiger partial charge in [0.1, 0.15) is 12.4 Å². The minimum absolute atomic E-state index is 0.0703. The van der Waals surface area contributed by atoms with E-state index in [1.165, 1.54) is 5.56 Å². The molecule has 0 spiro atoms. The minimum Gasteiger partial charge on any atom is -0.482 e. The van der Waals surface area contributed by atoms with Crippen LogP contribution in [0.5, 0.6) is 5.75 Å². The fourth-order valence-corrected chi connectivity index (χ4v) is 2.30. The molecule has 0 aromatic heterocycles. The van der Waals surface area contributed by atoms with Gasteiger partial charge < -0.3 is 14.8 Å². The second kappa shape index (κ2) is 10.5. The topological polar surface area (TPSA) is 64.6 Å². The highest BCUT2D eigenvalue weighted by Crippen LogP contribution is 2.15. The summed E-state index contributed by atoms with van der Waals surface area (Å²) in [5.74, 6) is -0.0244. The molecule has 0 radical (unpaired) electrons. The number of halogens is 1. The van der Waals surface area contributed by atoms with Gasteiger partial charge in [0.25, 0.3) is 0 Å². The SMILES string of the molecule is Cc1ccc(CCC(=O)NCCOC(=O)COc2ccc(Cl)cc2)cc1. The molecule has 0 unspecified atom stereocenters. The molecule has 1 amide bonds. The largest absolute Gasteiger partial charge is 0.482 e. The van der Waals surface area contributed by atoms with Crippen molar-refractivity contribution in [2.24, 2.45) is 0 Å². The second-order valence-electron chi connectivity index (χ2n) is 5.80. The van der Waals surface area contributed by atoms with Crippen molar-refractivity contribution >= 4 is 23.5 Å². The van der Waals surface area contributed by atoms with Crippen LogP contribution in [0.4, 0.5) is 0 Å². The second-order valence-corrected chi connectivity index (χ2v) is 6.24. The summed E-state index contributed by atoms with van der Waals surface area (Å²) in [6, 6.07) is 14.8. The Labute approximate surface area is 158 Å². The highest BCUT2D eigenvalue weighted by molar-refractivity contribution is 6.30. The fourth-order valence-electron chi connectivity index (χ4n) is 2.17. The standard InChI is InChI=1S/C20H22ClNO4/c1-15-2-4-16(5-3-15)6-11-19(23)22-12-13-25-20(24)14-26-18-9-7-17(21)8-10-18/h2-5,7-10H,6,11-14H2,1H3,(H,22,23). The predicted molar refractivity (Wildman–Crippen MR) is 100 cm³/mol. The molecule has 5 nitrogen and oxygen atoms in total. The van der Waals surface area contributed by atoms with Crippen LogP contribution in [0.1, 0.15) is 17.5 Å². The van der Waals surface area contributed by atoms with Crippen molar-refractivity contribution in [1.82, 2.24) is 5.32 Å². The molecule has 0 saturated heterocycles. The average molecular weight is 376 g/mol. The number of hydrogen-bond acceptors (Lipinski definition) is 4. The lowest BCUT2D eigenvalue weighted by atomic mass is 10.1. The summed E-state index contributed by atoms with van der Waals surface area (Å²) in [5, 5.41) is 3.32. The Kier molecular flexibility index (Phi) is 7.96. The molecule has 2 aromatic carbocycles. The van der Waals surface area contributed by atoms with Crippen molar-refractivity contribution in [3.63, 3.8) is 0 Å². The molecule has 0 aliphatic rings. The number of ether oxygens (including phenoxy) is 2. The number of rotatable bonds is 9. The third-order valence-electron chi connectivity index (χ3n) is 3.62. The number of carbonyl (C=O) groups excluding carboxylic acids is 2. The van der Waals surface area contributed by atoms with Crippen LogP contribution >= 0.6 is 11.6 Å². The van der Waals surface area contributed by atoms with Crippen molar-refractivity contribution in [1.29, 1.82) is 0 Å². The Bertz CT molecular complexity index is 650. The van der Waals surface area contributed by atoms with Crippen LogP contribution in [0.15, 0.2) is 48.5 Å². The van der Waals surface area contributed by atoms with Gasteiger partial charge in [-0.15, -0.1) is 0 Å². The van der Waals surface area contributed by atoms with E-state index in [1.807, 2.05) is 31.2 Å². The molecule has 2 rings (SSSR count). The fraction of sp³-hybridized carbons (Fsp3) is 0.300. The molecule has 1 N–H and O–H groups in total. The molecular weight excluding hydrogens is 354 g/mol. The first kappa shape index (κ1) is 19.8. The first-order valence-electron chi connectivity index (χ1n) is 8.39. The molecule has 0 bridgehead atoms. The van der Waals surface area contributed by atoms with E-state index in [0.29, 0.717) is 23.6 Å². The Morgan fingerprint density at radius 2 is 1.73 bits per heavy atom. The molecular formula is C20H22ClNO4. The van der Waals surface area contributed by atoms with E-state index in [1.54, 1.807) is 24.3 Å². The normalized spacial score (nSPS) is 10.2. The monoisotopic (exact) mass is 375 g/mol. The molecule has 2 aromatic rings. The van der Waals surface area contributed by atoms with Crippen molar-refractivity contribution < 1.29 is 19.1 Å². The van der Waals surface area contributed by atoms with Gasteiger partial charge in [0.15, 0.2) is 6.61 Å². The molecule has 0 saturated carbocycles. The van der Waals surface area contributed by atoms with Gasteiger partial charge in [0, 0.05) is 11.4 Å². The van der Waals surface area contributed by atoms with Crippen LogP contribution in [0, 0.1) is 6.92 Å². The Morgan fingerprint density at radius 1 is 1.04 bits per heavy atom. The van der Waals surface area contributed by atoms with Gasteiger partial charge in [-0.25, -0.2) is 4.79 Å². The van der Waals surface area contributed by atoms with Crippen LogP contribution in [0.2, 0.25) is 5.02 Å². The third-order valence-corrected chi connectivity index (χ3v) is 3.87. The van der Waals surface area contributed by atoms with E-state index in [4.69, 9.17) is 21.1 Å². The summed E-state index contributed by atoms with van der Waals surface area (Å²) < 4.78 is 10.3. The van der Waals surface area contributed by atoms with Gasteiger partial charge in [-0.1, -0.05) is 41.4 Å². The molecule has 0 fully saturated rings. The van der Waals surface area contributed by atoms with Gasteiger partial charge in [0.05, 0.1) is 6.54 Å². The molecule has 26 heavy (non-hydrogen) atoms. The number of hydrogen-bond donors (Lipinski definition) is 1. The summed E-state index contributed by atoms with van der Waals surface area (Å²) in [4.78, 5) is 23.4. The van der Waals surface area contributed by atoms with E-state index in [9.17, 15) is 9.59 Å². The summed E-state index contributed by atoms with van der Waals surface area (Å²) in [6.07, 6.45) is 1.08. The minimum atomic E-state index is -0.492. The zero-order valence-corrected chi connectivity index (χ0v) is 15.4. The number of carbonyl (C=O) groups is 2. The van der Waals surface area contributed by atoms with E-state index in [0.717, 1.165) is 5.56 Å². The van der Waals surface area contributed by atoms with Gasteiger partial charge in [-0.2, -0.15) is 0 Å². The van der Waals surface area contributed by atoms with E-state index < -0.39 is 5.97 Å². The molecule has 0 atom stereocenters. The first-order chi connectivity index (χ1) is 12.5. The summed E-state index contributed by atoms with van der Waals surface area (Å²) in [5.41, 5.74) is 2.32. The number of benzene rings is 2. The van der Waals surface area contributed by atoms with Crippen molar-refractivity contribution in [3.05, 3.63) is 64.7 Å².